The van der Waals surface area contributed by atoms with Crippen LogP contribution in [0.25, 0.3) is 0 Å². The topological polar surface area (TPSA) is 66.8 Å². The third kappa shape index (κ3) is 4.79. The Kier molecular flexibility index (Phi) is 6.60. The quantitative estimate of drug-likeness (QED) is 0.509. The number of carboxylic acids is 1. The molecule has 1 unspecified atom stereocenters. The number of phenols is 1. The Labute approximate surface area is 175 Å². The summed E-state index contributed by atoms with van der Waals surface area (Å²) in [7, 11) is 0. The minimum atomic E-state index is -0.859. The minimum Gasteiger partial charge on any atom is -0.508 e. The number of phenolic OH excluding ortho intramolecular Hbond substituents is 1. The summed E-state index contributed by atoms with van der Waals surface area (Å²) in [4.78, 5) is 11.5. The van der Waals surface area contributed by atoms with E-state index < -0.39 is 11.6 Å². The lowest BCUT2D eigenvalue weighted by Crippen LogP contribution is -2.45. The molecule has 4 heteroatoms. The summed E-state index contributed by atoms with van der Waals surface area (Å²) >= 11 is 0. The normalized spacial score (nSPS) is 23.4. The summed E-state index contributed by atoms with van der Waals surface area (Å²) in [6.07, 6.45) is 10.1. The van der Waals surface area contributed by atoms with Gasteiger partial charge in [0.15, 0.2) is 0 Å². The van der Waals surface area contributed by atoms with Crippen molar-refractivity contribution >= 4 is 5.97 Å². The van der Waals surface area contributed by atoms with Gasteiger partial charge in [-0.15, -0.1) is 0 Å². The van der Waals surface area contributed by atoms with E-state index in [2.05, 4.69) is 33.8 Å². The number of fused-ring (bicyclic) bond motifs is 3. The molecule has 2 aliphatic rings. The summed E-state index contributed by atoms with van der Waals surface area (Å²) < 4.78 is 6.36. The summed E-state index contributed by atoms with van der Waals surface area (Å²) in [5.41, 5.74) is 1.94. The molecule has 0 spiro atoms. The minimum absolute atomic E-state index is 0.0228. The van der Waals surface area contributed by atoms with Gasteiger partial charge in [-0.05, 0) is 56.7 Å². The number of ether oxygens (including phenoxy) is 1. The Balaban J connectivity index is 1.82. The lowest BCUT2D eigenvalue weighted by atomic mass is 9.67. The number of hydrogen-bond acceptors (Lipinski definition) is 3. The van der Waals surface area contributed by atoms with Crippen LogP contribution in [0.2, 0.25) is 0 Å². The number of aliphatic carboxylic acids is 1. The van der Waals surface area contributed by atoms with E-state index in [0.29, 0.717) is 24.3 Å². The molecule has 1 aliphatic heterocycles. The molecule has 1 aliphatic carbocycles. The smallest absolute Gasteiger partial charge is 0.331 e. The van der Waals surface area contributed by atoms with Crippen molar-refractivity contribution in [3.05, 3.63) is 34.9 Å². The van der Waals surface area contributed by atoms with Crippen molar-refractivity contribution in [2.75, 3.05) is 0 Å². The summed E-state index contributed by atoms with van der Waals surface area (Å²) in [5, 5.41) is 20.3. The van der Waals surface area contributed by atoms with Crippen molar-refractivity contribution in [1.82, 2.24) is 0 Å². The molecule has 3 rings (SSSR count). The van der Waals surface area contributed by atoms with E-state index in [9.17, 15) is 15.0 Å². The Hall–Kier alpha value is -1.97. The molecular weight excluding hydrogens is 364 g/mol. The fraction of sp³-hybridized carbons (Fsp3) is 0.640. The number of benzene rings is 1. The Bertz CT molecular complexity index is 777. The van der Waals surface area contributed by atoms with Gasteiger partial charge in [-0.2, -0.15) is 0 Å². The van der Waals surface area contributed by atoms with E-state index in [1.165, 1.54) is 32.1 Å². The lowest BCUT2D eigenvalue weighted by Gasteiger charge is -2.46. The van der Waals surface area contributed by atoms with E-state index >= 15 is 0 Å². The number of unbranched alkanes of at least 4 members (excludes halogenated alkanes) is 3. The van der Waals surface area contributed by atoms with Crippen LogP contribution in [0, 0.1) is 11.8 Å². The van der Waals surface area contributed by atoms with Crippen molar-refractivity contribution < 1.29 is 19.7 Å². The Morgan fingerprint density at radius 1 is 1.28 bits per heavy atom. The van der Waals surface area contributed by atoms with Gasteiger partial charge in [0.25, 0.3) is 0 Å². The highest BCUT2D eigenvalue weighted by Crippen LogP contribution is 2.54. The van der Waals surface area contributed by atoms with Gasteiger partial charge in [-0.3, -0.25) is 0 Å². The molecule has 29 heavy (non-hydrogen) atoms. The lowest BCUT2D eigenvalue weighted by molar-refractivity contribution is -0.133. The predicted octanol–water partition coefficient (Wildman–Crippen LogP) is 6.22. The first-order chi connectivity index (χ1) is 13.7. The van der Waals surface area contributed by atoms with Crippen LogP contribution in [0.5, 0.6) is 11.5 Å². The van der Waals surface area contributed by atoms with Gasteiger partial charge in [0.1, 0.15) is 17.1 Å². The third-order valence-corrected chi connectivity index (χ3v) is 6.77. The van der Waals surface area contributed by atoms with Crippen molar-refractivity contribution in [1.29, 1.82) is 0 Å². The number of hydrogen-bond donors (Lipinski definition) is 2. The summed E-state index contributed by atoms with van der Waals surface area (Å²) in [5.74, 6) is 0.828. The second kappa shape index (κ2) is 8.81. The third-order valence-electron chi connectivity index (χ3n) is 6.77. The molecule has 0 aromatic heterocycles. The SMILES string of the molecule is CCCCCCC(C)Cc1cc(O)c2c(c1)OC(C)(C)[C@@H]1CC=C(C(=O)O)C[C@@H]21. The highest BCUT2D eigenvalue weighted by Gasteiger charge is 2.46. The number of carboxylic acid groups (broad SMARTS) is 1. The largest absolute Gasteiger partial charge is 0.508 e. The van der Waals surface area contributed by atoms with Crippen LogP contribution < -0.4 is 4.74 Å². The standard InChI is InChI=1S/C25H36O4/c1-5-6-7-8-9-16(2)12-17-13-21(26)23-19-15-18(24(27)28)10-11-20(19)25(3,4)29-22(23)14-17/h10,13-14,16,19-20,26H,5-9,11-12,15H2,1-4H3,(H,27,28)/t16?,19-,20-/m1/s1. The maximum Gasteiger partial charge on any atom is 0.331 e. The van der Waals surface area contributed by atoms with Crippen LogP contribution >= 0.6 is 0 Å². The number of allylic oxidation sites excluding steroid dienone is 1. The molecule has 0 bridgehead atoms. The van der Waals surface area contributed by atoms with E-state index in [0.717, 1.165) is 23.3 Å². The average Bonchev–Trinajstić information content (AvgIpc) is 2.64. The molecule has 0 saturated carbocycles. The van der Waals surface area contributed by atoms with E-state index in [1.54, 1.807) is 0 Å². The predicted molar refractivity (Wildman–Crippen MR) is 116 cm³/mol. The molecule has 3 atom stereocenters. The van der Waals surface area contributed by atoms with E-state index in [-0.39, 0.29) is 17.6 Å². The Morgan fingerprint density at radius 3 is 2.72 bits per heavy atom. The van der Waals surface area contributed by atoms with Crippen molar-refractivity contribution in [3.8, 4) is 11.5 Å². The fourth-order valence-corrected chi connectivity index (χ4v) is 5.17. The second-order valence-corrected chi connectivity index (χ2v) is 9.58. The molecule has 1 aromatic carbocycles. The molecular formula is C25H36O4. The molecule has 160 valence electrons. The molecule has 2 N–H and O–H groups in total. The molecule has 0 fully saturated rings. The first-order valence-corrected chi connectivity index (χ1v) is 11.2. The molecule has 0 saturated heterocycles. The van der Waals surface area contributed by atoms with Crippen molar-refractivity contribution in [2.45, 2.75) is 90.6 Å². The van der Waals surface area contributed by atoms with Gasteiger partial charge in [0, 0.05) is 23.0 Å². The Morgan fingerprint density at radius 2 is 2.03 bits per heavy atom. The van der Waals surface area contributed by atoms with Crippen LogP contribution in [0.4, 0.5) is 0 Å². The van der Waals surface area contributed by atoms with E-state index in [4.69, 9.17) is 4.74 Å². The van der Waals surface area contributed by atoms with Crippen LogP contribution in [-0.2, 0) is 11.2 Å². The highest BCUT2D eigenvalue weighted by atomic mass is 16.5. The van der Waals surface area contributed by atoms with Crippen LogP contribution in [0.1, 0.15) is 89.7 Å². The molecule has 1 heterocycles. The zero-order valence-corrected chi connectivity index (χ0v) is 18.3. The monoisotopic (exact) mass is 400 g/mol. The maximum atomic E-state index is 11.5. The summed E-state index contributed by atoms with van der Waals surface area (Å²) in [6, 6.07) is 3.95. The van der Waals surface area contributed by atoms with Gasteiger partial charge in [0.05, 0.1) is 0 Å². The first kappa shape index (κ1) is 21.7. The summed E-state index contributed by atoms with van der Waals surface area (Å²) in [6.45, 7) is 8.65. The van der Waals surface area contributed by atoms with Crippen molar-refractivity contribution in [3.63, 3.8) is 0 Å². The van der Waals surface area contributed by atoms with Crippen LogP contribution in [-0.4, -0.2) is 21.8 Å². The highest BCUT2D eigenvalue weighted by molar-refractivity contribution is 5.87. The molecule has 1 aromatic rings. The van der Waals surface area contributed by atoms with E-state index in [1.807, 2.05) is 12.1 Å². The van der Waals surface area contributed by atoms with Crippen LogP contribution in [0.3, 0.4) is 0 Å². The first-order valence-electron chi connectivity index (χ1n) is 11.2. The molecule has 0 amide bonds. The van der Waals surface area contributed by atoms with Gasteiger partial charge in [-0.25, -0.2) is 4.79 Å². The van der Waals surface area contributed by atoms with Gasteiger partial charge in [-0.1, -0.05) is 52.0 Å². The molecule has 4 nitrogen and oxygen atoms in total. The van der Waals surface area contributed by atoms with Crippen LogP contribution in [0.15, 0.2) is 23.8 Å². The fourth-order valence-electron chi connectivity index (χ4n) is 5.17. The zero-order chi connectivity index (χ0) is 21.2. The molecule has 0 radical (unpaired) electrons. The number of aromatic hydroxyl groups is 1. The van der Waals surface area contributed by atoms with Gasteiger partial charge < -0.3 is 14.9 Å². The number of rotatable bonds is 8. The maximum absolute atomic E-state index is 11.5. The second-order valence-electron chi connectivity index (χ2n) is 9.58. The van der Waals surface area contributed by atoms with Gasteiger partial charge in [0.2, 0.25) is 0 Å². The van der Waals surface area contributed by atoms with Gasteiger partial charge >= 0.3 is 5.97 Å². The van der Waals surface area contributed by atoms with Crippen molar-refractivity contribution in [2.24, 2.45) is 11.8 Å². The zero-order valence-electron chi connectivity index (χ0n) is 18.3. The average molecular weight is 401 g/mol. The number of carbonyl (C=O) groups is 1.